The minimum Gasteiger partial charge on any atom is -0.335 e. The molecule has 2 N–H and O–H groups in total. The van der Waals surface area contributed by atoms with Crippen LogP contribution in [0.15, 0.2) is 18.3 Å². The highest BCUT2D eigenvalue weighted by Crippen LogP contribution is 2.25. The van der Waals surface area contributed by atoms with Gasteiger partial charge in [-0.2, -0.15) is 0 Å². The number of likely N-dealkylation sites (tertiary alicyclic amines) is 1. The molecule has 0 saturated carbocycles. The minimum absolute atomic E-state index is 0.114. The smallest absolute Gasteiger partial charge is 0.254 e. The van der Waals surface area contributed by atoms with E-state index in [0.29, 0.717) is 24.1 Å². The minimum atomic E-state index is 0.114. The molecule has 0 aromatic carbocycles. The lowest BCUT2D eigenvalue weighted by molar-refractivity contribution is 0.0701. The second kappa shape index (κ2) is 5.48. The Labute approximate surface area is 108 Å². The van der Waals surface area contributed by atoms with E-state index in [-0.39, 0.29) is 5.91 Å². The van der Waals surface area contributed by atoms with E-state index in [2.05, 4.69) is 18.8 Å². The number of pyridine rings is 1. The number of aromatic nitrogens is 1. The molecule has 4 nitrogen and oxygen atoms in total. The summed E-state index contributed by atoms with van der Waals surface area (Å²) in [4.78, 5) is 18.6. The summed E-state index contributed by atoms with van der Waals surface area (Å²) in [6.07, 6.45) is 3.87. The average Bonchev–Trinajstić information content (AvgIpc) is 2.87. The zero-order valence-corrected chi connectivity index (χ0v) is 11.1. The predicted octanol–water partition coefficient (Wildman–Crippen LogP) is 1.80. The van der Waals surface area contributed by atoms with Crippen molar-refractivity contribution in [1.29, 1.82) is 0 Å². The van der Waals surface area contributed by atoms with Gasteiger partial charge >= 0.3 is 0 Å². The molecule has 0 aliphatic carbocycles. The molecule has 4 heteroatoms. The number of carbonyl (C=O) groups is 1. The van der Waals surface area contributed by atoms with Crippen LogP contribution in [-0.2, 0) is 6.54 Å². The van der Waals surface area contributed by atoms with Gasteiger partial charge in [-0.05, 0) is 30.9 Å². The molecular formula is C14H21N3O. The van der Waals surface area contributed by atoms with E-state index in [1.54, 1.807) is 18.3 Å². The fraction of sp³-hybridized carbons (Fsp3) is 0.571. The molecule has 2 heterocycles. The summed E-state index contributed by atoms with van der Waals surface area (Å²) >= 11 is 0. The Balaban J connectivity index is 2.19. The molecule has 1 unspecified atom stereocenters. The van der Waals surface area contributed by atoms with Gasteiger partial charge in [0.2, 0.25) is 0 Å². The lowest BCUT2D eigenvalue weighted by atomic mass is 10.0. The van der Waals surface area contributed by atoms with Gasteiger partial charge in [0, 0.05) is 30.9 Å². The van der Waals surface area contributed by atoms with Crippen LogP contribution >= 0.6 is 0 Å². The summed E-state index contributed by atoms with van der Waals surface area (Å²) in [5.74, 6) is 0.621. The first-order valence-electron chi connectivity index (χ1n) is 6.59. The number of amides is 1. The topological polar surface area (TPSA) is 59.2 Å². The van der Waals surface area contributed by atoms with Crippen molar-refractivity contribution < 1.29 is 4.79 Å². The van der Waals surface area contributed by atoms with Crippen molar-refractivity contribution in [2.45, 2.75) is 39.3 Å². The van der Waals surface area contributed by atoms with E-state index in [0.717, 1.165) is 25.1 Å². The largest absolute Gasteiger partial charge is 0.335 e. The van der Waals surface area contributed by atoms with E-state index in [9.17, 15) is 4.79 Å². The molecule has 1 atom stereocenters. The van der Waals surface area contributed by atoms with E-state index < -0.39 is 0 Å². The van der Waals surface area contributed by atoms with Crippen LogP contribution in [0.5, 0.6) is 0 Å². The Morgan fingerprint density at radius 2 is 2.39 bits per heavy atom. The molecule has 18 heavy (non-hydrogen) atoms. The summed E-state index contributed by atoms with van der Waals surface area (Å²) in [7, 11) is 0. The molecule has 0 spiro atoms. The first-order valence-corrected chi connectivity index (χ1v) is 6.59. The lowest BCUT2D eigenvalue weighted by Gasteiger charge is -2.27. The normalized spacial score (nSPS) is 19.6. The SMILES string of the molecule is CC(C)C1CCCN1C(=O)c1ccnc(CN)c1. The van der Waals surface area contributed by atoms with Crippen LogP contribution in [0.1, 0.15) is 42.7 Å². The van der Waals surface area contributed by atoms with Crippen molar-refractivity contribution in [3.05, 3.63) is 29.6 Å². The van der Waals surface area contributed by atoms with Crippen LogP contribution in [0.25, 0.3) is 0 Å². The van der Waals surface area contributed by atoms with E-state index >= 15 is 0 Å². The van der Waals surface area contributed by atoms with Crippen molar-refractivity contribution in [3.63, 3.8) is 0 Å². The van der Waals surface area contributed by atoms with E-state index in [1.165, 1.54) is 0 Å². The van der Waals surface area contributed by atoms with E-state index in [1.807, 2.05) is 4.90 Å². The molecule has 98 valence electrons. The molecule has 1 aliphatic heterocycles. The van der Waals surface area contributed by atoms with E-state index in [4.69, 9.17) is 5.73 Å². The Morgan fingerprint density at radius 1 is 1.61 bits per heavy atom. The molecular weight excluding hydrogens is 226 g/mol. The highest BCUT2D eigenvalue weighted by molar-refractivity contribution is 5.94. The predicted molar refractivity (Wildman–Crippen MR) is 71.0 cm³/mol. The Kier molecular flexibility index (Phi) is 3.97. The van der Waals surface area contributed by atoms with Crippen LogP contribution in [0, 0.1) is 5.92 Å². The number of carbonyl (C=O) groups excluding carboxylic acids is 1. The highest BCUT2D eigenvalue weighted by atomic mass is 16.2. The first-order chi connectivity index (χ1) is 8.63. The fourth-order valence-corrected chi connectivity index (χ4v) is 2.63. The summed E-state index contributed by atoms with van der Waals surface area (Å²) in [5, 5.41) is 0. The van der Waals surface area contributed by atoms with Gasteiger partial charge in [-0.1, -0.05) is 13.8 Å². The molecule has 1 aromatic heterocycles. The average molecular weight is 247 g/mol. The zero-order chi connectivity index (χ0) is 13.1. The molecule has 0 radical (unpaired) electrons. The molecule has 1 fully saturated rings. The Hall–Kier alpha value is -1.42. The maximum absolute atomic E-state index is 12.5. The molecule has 1 aromatic rings. The van der Waals surface area contributed by atoms with Crippen molar-refractivity contribution in [3.8, 4) is 0 Å². The molecule has 1 saturated heterocycles. The van der Waals surface area contributed by atoms with Gasteiger partial charge < -0.3 is 10.6 Å². The summed E-state index contributed by atoms with van der Waals surface area (Å²) in [6, 6.07) is 3.95. The Bertz CT molecular complexity index is 431. The van der Waals surface area contributed by atoms with Crippen LogP contribution in [0.2, 0.25) is 0 Å². The number of nitrogens with zero attached hydrogens (tertiary/aromatic N) is 2. The third kappa shape index (κ3) is 2.53. The third-order valence-corrected chi connectivity index (χ3v) is 3.60. The second-order valence-electron chi connectivity index (χ2n) is 5.19. The fourth-order valence-electron chi connectivity index (χ4n) is 2.63. The van der Waals surface area contributed by atoms with Gasteiger partial charge in [0.15, 0.2) is 0 Å². The Morgan fingerprint density at radius 3 is 3.06 bits per heavy atom. The number of hydrogen-bond donors (Lipinski definition) is 1. The quantitative estimate of drug-likeness (QED) is 0.886. The molecule has 2 rings (SSSR count). The maximum atomic E-state index is 12.5. The van der Waals surface area contributed by atoms with Gasteiger partial charge in [0.25, 0.3) is 5.91 Å². The van der Waals surface area contributed by atoms with Crippen molar-refractivity contribution in [2.24, 2.45) is 11.7 Å². The van der Waals surface area contributed by atoms with Crippen LogP contribution in [0.4, 0.5) is 0 Å². The van der Waals surface area contributed by atoms with Gasteiger partial charge in [-0.25, -0.2) is 0 Å². The van der Waals surface area contributed by atoms with Gasteiger partial charge in [0.05, 0.1) is 5.69 Å². The lowest BCUT2D eigenvalue weighted by Crippen LogP contribution is -2.38. The van der Waals surface area contributed by atoms with Crippen LogP contribution in [-0.4, -0.2) is 28.4 Å². The summed E-state index contributed by atoms with van der Waals surface area (Å²) in [5.41, 5.74) is 7.03. The second-order valence-corrected chi connectivity index (χ2v) is 5.19. The van der Waals surface area contributed by atoms with Crippen molar-refractivity contribution in [2.75, 3.05) is 6.54 Å². The molecule has 1 amide bonds. The summed E-state index contributed by atoms with van der Waals surface area (Å²) < 4.78 is 0. The third-order valence-electron chi connectivity index (χ3n) is 3.60. The number of nitrogens with two attached hydrogens (primary N) is 1. The van der Waals surface area contributed by atoms with Crippen LogP contribution in [0.3, 0.4) is 0 Å². The zero-order valence-electron chi connectivity index (χ0n) is 11.1. The summed E-state index contributed by atoms with van der Waals surface area (Å²) in [6.45, 7) is 5.58. The van der Waals surface area contributed by atoms with Gasteiger partial charge in [0.1, 0.15) is 0 Å². The number of hydrogen-bond acceptors (Lipinski definition) is 3. The highest BCUT2D eigenvalue weighted by Gasteiger charge is 2.31. The van der Waals surface area contributed by atoms with Crippen molar-refractivity contribution in [1.82, 2.24) is 9.88 Å². The maximum Gasteiger partial charge on any atom is 0.254 e. The van der Waals surface area contributed by atoms with Crippen molar-refractivity contribution >= 4 is 5.91 Å². The molecule has 1 aliphatic rings. The number of rotatable bonds is 3. The monoisotopic (exact) mass is 247 g/mol. The first kappa shape index (κ1) is 13.0. The van der Waals surface area contributed by atoms with Gasteiger partial charge in [-0.15, -0.1) is 0 Å². The van der Waals surface area contributed by atoms with Gasteiger partial charge in [-0.3, -0.25) is 9.78 Å². The molecule has 0 bridgehead atoms. The standard InChI is InChI=1S/C14H21N3O/c1-10(2)13-4-3-7-17(13)14(18)11-5-6-16-12(8-11)9-15/h5-6,8,10,13H,3-4,7,9,15H2,1-2H3. The van der Waals surface area contributed by atoms with Crippen LogP contribution < -0.4 is 5.73 Å².